The molecule has 0 unspecified atom stereocenters. The van der Waals surface area contributed by atoms with Gasteiger partial charge in [-0.1, -0.05) is 0 Å². The molecule has 0 saturated carbocycles. The summed E-state index contributed by atoms with van der Waals surface area (Å²) in [4.78, 5) is 17.0. The number of hydrogen-bond acceptors (Lipinski definition) is 4. The van der Waals surface area contributed by atoms with E-state index in [1.54, 1.807) is 14.1 Å². The minimum absolute atomic E-state index is 0.00364. The monoisotopic (exact) mass is 315 g/mol. The van der Waals surface area contributed by atoms with Crippen molar-refractivity contribution >= 4 is 15.9 Å². The molecule has 1 aliphatic rings. The number of halogens is 1. The van der Waals surface area contributed by atoms with Crippen molar-refractivity contribution in [1.82, 2.24) is 14.2 Å². The Balaban J connectivity index is 2.12. The number of amides is 1. The first-order valence-electron chi connectivity index (χ1n) is 6.66. The fourth-order valence-corrected chi connectivity index (χ4v) is 3.84. The van der Waals surface area contributed by atoms with E-state index in [1.165, 1.54) is 21.5 Å². The van der Waals surface area contributed by atoms with Gasteiger partial charge in [-0.25, -0.2) is 17.8 Å². The fourth-order valence-electron chi connectivity index (χ4n) is 2.39. The zero-order valence-corrected chi connectivity index (χ0v) is 12.8. The van der Waals surface area contributed by atoms with E-state index in [0.717, 1.165) is 6.07 Å². The third-order valence-electron chi connectivity index (χ3n) is 3.55. The first kappa shape index (κ1) is 15.8. The summed E-state index contributed by atoms with van der Waals surface area (Å²) in [5.41, 5.74) is 0. The van der Waals surface area contributed by atoms with Gasteiger partial charge in [0.1, 0.15) is 0 Å². The molecule has 0 bridgehead atoms. The molecule has 21 heavy (non-hydrogen) atoms. The molecule has 2 rings (SSSR count). The molecule has 1 aromatic heterocycles. The average Bonchev–Trinajstić information content (AvgIpc) is 2.46. The number of carbonyl (C=O) groups excluding carboxylic acids is 1. The summed E-state index contributed by atoms with van der Waals surface area (Å²) in [5.74, 6) is -1.04. The highest BCUT2D eigenvalue weighted by Crippen LogP contribution is 2.24. The van der Waals surface area contributed by atoms with Crippen LogP contribution in [0.25, 0.3) is 0 Å². The number of aromatic nitrogens is 1. The quantitative estimate of drug-likeness (QED) is 0.823. The normalized spacial score (nSPS) is 17.7. The summed E-state index contributed by atoms with van der Waals surface area (Å²) in [7, 11) is -0.589. The maximum Gasteiger partial charge on any atom is 0.263 e. The third kappa shape index (κ3) is 3.21. The summed E-state index contributed by atoms with van der Waals surface area (Å²) in [6.45, 7) is 0.394. The zero-order chi connectivity index (χ0) is 15.6. The zero-order valence-electron chi connectivity index (χ0n) is 12.0. The minimum atomic E-state index is -3.94. The van der Waals surface area contributed by atoms with E-state index in [9.17, 15) is 17.6 Å². The molecule has 0 radical (unpaired) electrons. The van der Waals surface area contributed by atoms with E-state index < -0.39 is 20.9 Å². The highest BCUT2D eigenvalue weighted by atomic mass is 32.2. The van der Waals surface area contributed by atoms with Crippen LogP contribution in [-0.2, 0) is 14.8 Å². The SMILES string of the molecule is CN(C)C(=O)C1CCN(S(=O)(=O)c2ncccc2F)CC1. The van der Waals surface area contributed by atoms with Crippen molar-refractivity contribution in [2.24, 2.45) is 5.92 Å². The van der Waals surface area contributed by atoms with Crippen molar-refractivity contribution < 1.29 is 17.6 Å². The number of hydrogen-bond donors (Lipinski definition) is 0. The Labute approximate surface area is 123 Å². The van der Waals surface area contributed by atoms with Gasteiger partial charge in [0.15, 0.2) is 5.82 Å². The van der Waals surface area contributed by atoms with E-state index >= 15 is 0 Å². The first-order chi connectivity index (χ1) is 9.84. The summed E-state index contributed by atoms with van der Waals surface area (Å²) in [6, 6.07) is 2.42. The van der Waals surface area contributed by atoms with Crippen LogP contribution in [0.4, 0.5) is 4.39 Å². The Morgan fingerprint density at radius 3 is 2.52 bits per heavy atom. The van der Waals surface area contributed by atoms with E-state index in [-0.39, 0.29) is 24.9 Å². The molecule has 1 amide bonds. The van der Waals surface area contributed by atoms with Crippen LogP contribution in [-0.4, -0.2) is 55.7 Å². The van der Waals surface area contributed by atoms with Crippen LogP contribution in [0.2, 0.25) is 0 Å². The number of nitrogens with zero attached hydrogens (tertiary/aromatic N) is 3. The van der Waals surface area contributed by atoms with Crippen molar-refractivity contribution in [3.8, 4) is 0 Å². The lowest BCUT2D eigenvalue weighted by atomic mass is 9.97. The van der Waals surface area contributed by atoms with Gasteiger partial charge >= 0.3 is 0 Å². The summed E-state index contributed by atoms with van der Waals surface area (Å²) >= 11 is 0. The maximum atomic E-state index is 13.6. The lowest BCUT2D eigenvalue weighted by molar-refractivity contribution is -0.134. The Kier molecular flexibility index (Phi) is 4.58. The van der Waals surface area contributed by atoms with E-state index in [2.05, 4.69) is 4.98 Å². The lowest BCUT2D eigenvalue weighted by Gasteiger charge is -2.31. The number of carbonyl (C=O) groups is 1. The molecule has 0 atom stereocenters. The predicted octanol–water partition coefficient (Wildman–Crippen LogP) is 0.710. The number of piperidine rings is 1. The largest absolute Gasteiger partial charge is 0.349 e. The molecule has 0 aromatic carbocycles. The second-order valence-electron chi connectivity index (χ2n) is 5.20. The van der Waals surface area contributed by atoms with Crippen molar-refractivity contribution in [2.75, 3.05) is 27.2 Å². The van der Waals surface area contributed by atoms with Crippen molar-refractivity contribution in [2.45, 2.75) is 17.9 Å². The second kappa shape index (κ2) is 6.07. The summed E-state index contributed by atoms with van der Waals surface area (Å²) in [5, 5.41) is -0.553. The van der Waals surface area contributed by atoms with Crippen LogP contribution in [0, 0.1) is 11.7 Å². The fraction of sp³-hybridized carbons (Fsp3) is 0.538. The molecule has 8 heteroatoms. The Morgan fingerprint density at radius 1 is 1.38 bits per heavy atom. The molecule has 0 aliphatic carbocycles. The maximum absolute atomic E-state index is 13.6. The topological polar surface area (TPSA) is 70.6 Å². The first-order valence-corrected chi connectivity index (χ1v) is 8.10. The standard InChI is InChI=1S/C13H18FN3O3S/c1-16(2)13(18)10-5-8-17(9-6-10)21(19,20)12-11(14)4-3-7-15-12/h3-4,7,10H,5-6,8-9H2,1-2H3. The second-order valence-corrected chi connectivity index (χ2v) is 7.05. The van der Waals surface area contributed by atoms with Gasteiger partial charge in [0.05, 0.1) is 0 Å². The van der Waals surface area contributed by atoms with E-state index in [4.69, 9.17) is 0 Å². The minimum Gasteiger partial charge on any atom is -0.349 e. The van der Waals surface area contributed by atoms with Gasteiger partial charge in [-0.15, -0.1) is 0 Å². The number of pyridine rings is 1. The Bertz CT molecular complexity index is 625. The lowest BCUT2D eigenvalue weighted by Crippen LogP contribution is -2.43. The average molecular weight is 315 g/mol. The van der Waals surface area contributed by atoms with Gasteiger partial charge in [-0.3, -0.25) is 4.79 Å². The smallest absolute Gasteiger partial charge is 0.263 e. The van der Waals surface area contributed by atoms with Crippen molar-refractivity contribution in [1.29, 1.82) is 0 Å². The van der Waals surface area contributed by atoms with Gasteiger partial charge in [-0.05, 0) is 25.0 Å². The van der Waals surface area contributed by atoms with Crippen LogP contribution in [0.5, 0.6) is 0 Å². The molecular weight excluding hydrogens is 297 g/mol. The molecular formula is C13H18FN3O3S. The third-order valence-corrected chi connectivity index (χ3v) is 5.39. The van der Waals surface area contributed by atoms with E-state index in [0.29, 0.717) is 12.8 Å². The van der Waals surface area contributed by atoms with Crippen molar-refractivity contribution in [3.05, 3.63) is 24.1 Å². The van der Waals surface area contributed by atoms with Crippen LogP contribution in [0.15, 0.2) is 23.4 Å². The van der Waals surface area contributed by atoms with Crippen LogP contribution in [0.3, 0.4) is 0 Å². The number of rotatable bonds is 3. The van der Waals surface area contributed by atoms with Crippen molar-refractivity contribution in [3.63, 3.8) is 0 Å². The molecule has 6 nitrogen and oxygen atoms in total. The van der Waals surface area contributed by atoms with E-state index in [1.807, 2.05) is 0 Å². The molecule has 1 saturated heterocycles. The Hall–Kier alpha value is -1.54. The number of sulfonamides is 1. The van der Waals surface area contributed by atoms with Gasteiger partial charge in [0.2, 0.25) is 10.9 Å². The summed E-state index contributed by atoms with van der Waals surface area (Å²) in [6.07, 6.45) is 2.12. The molecule has 116 valence electrons. The van der Waals surface area contributed by atoms with Gasteiger partial charge < -0.3 is 4.90 Å². The molecule has 1 fully saturated rings. The van der Waals surface area contributed by atoms with Crippen LogP contribution >= 0.6 is 0 Å². The predicted molar refractivity (Wildman–Crippen MR) is 74.4 cm³/mol. The molecule has 0 N–H and O–H groups in total. The van der Waals surface area contributed by atoms with Crippen LogP contribution in [0.1, 0.15) is 12.8 Å². The van der Waals surface area contributed by atoms with Crippen LogP contribution < -0.4 is 0 Å². The molecule has 1 aromatic rings. The molecule has 1 aliphatic heterocycles. The van der Waals surface area contributed by atoms with Gasteiger partial charge in [0, 0.05) is 39.3 Å². The Morgan fingerprint density at radius 2 is 2.00 bits per heavy atom. The summed E-state index contributed by atoms with van der Waals surface area (Å²) < 4.78 is 39.5. The van der Waals surface area contributed by atoms with Gasteiger partial charge in [-0.2, -0.15) is 4.31 Å². The molecule has 2 heterocycles. The highest BCUT2D eigenvalue weighted by molar-refractivity contribution is 7.89. The highest BCUT2D eigenvalue weighted by Gasteiger charge is 2.34. The molecule has 0 spiro atoms. The van der Waals surface area contributed by atoms with Gasteiger partial charge in [0.25, 0.3) is 10.0 Å².